The van der Waals surface area contributed by atoms with Gasteiger partial charge in [0.25, 0.3) is 0 Å². The summed E-state index contributed by atoms with van der Waals surface area (Å²) < 4.78 is 0. The monoisotopic (exact) mass is 206 g/mol. The number of hydrogen-bond acceptors (Lipinski definition) is 2. The lowest BCUT2D eigenvalue weighted by Crippen LogP contribution is -2.14. The summed E-state index contributed by atoms with van der Waals surface area (Å²) in [6.45, 7) is 2.07. The maximum atomic E-state index is 5.65. The van der Waals surface area contributed by atoms with Gasteiger partial charge in [0.2, 0.25) is 0 Å². The van der Waals surface area contributed by atoms with Gasteiger partial charge in [0.05, 0.1) is 0 Å². The molecule has 0 heterocycles. The molecule has 0 bridgehead atoms. The van der Waals surface area contributed by atoms with E-state index in [9.17, 15) is 0 Å². The van der Waals surface area contributed by atoms with Gasteiger partial charge in [-0.15, -0.1) is 0 Å². The molecule has 1 saturated carbocycles. The average molecular weight is 206 g/mol. The van der Waals surface area contributed by atoms with Crippen LogP contribution in [0.1, 0.15) is 24.0 Å². The number of thiocarbonyl (C=S) groups is 1. The van der Waals surface area contributed by atoms with Crippen LogP contribution in [0, 0.1) is 6.92 Å². The summed E-state index contributed by atoms with van der Waals surface area (Å²) in [6.07, 6.45) is 2.51. The smallest absolute Gasteiger partial charge is 0.106 e. The van der Waals surface area contributed by atoms with Crippen molar-refractivity contribution in [3.05, 3.63) is 29.3 Å². The van der Waals surface area contributed by atoms with Gasteiger partial charge in [-0.3, -0.25) is 0 Å². The first kappa shape index (κ1) is 9.46. The Kier molecular flexibility index (Phi) is 2.42. The minimum atomic E-state index is 0.466. The Balaban J connectivity index is 2.31. The van der Waals surface area contributed by atoms with Crippen molar-refractivity contribution in [3.63, 3.8) is 0 Å². The molecule has 1 aromatic rings. The maximum Gasteiger partial charge on any atom is 0.106 e. The average Bonchev–Trinajstić information content (AvgIpc) is 2.87. The van der Waals surface area contributed by atoms with E-state index in [0.717, 1.165) is 11.3 Å². The number of rotatable bonds is 3. The van der Waals surface area contributed by atoms with Crippen LogP contribution in [0.2, 0.25) is 0 Å². The van der Waals surface area contributed by atoms with Gasteiger partial charge in [0, 0.05) is 17.3 Å². The van der Waals surface area contributed by atoms with Gasteiger partial charge in [-0.2, -0.15) is 0 Å². The van der Waals surface area contributed by atoms with Crippen LogP contribution < -0.4 is 11.1 Å². The molecule has 0 radical (unpaired) electrons. The van der Waals surface area contributed by atoms with Crippen molar-refractivity contribution in [2.75, 3.05) is 5.32 Å². The van der Waals surface area contributed by atoms with E-state index in [4.69, 9.17) is 18.0 Å². The number of anilines is 1. The lowest BCUT2D eigenvalue weighted by atomic mass is 10.1. The topological polar surface area (TPSA) is 38.0 Å². The van der Waals surface area contributed by atoms with E-state index in [-0.39, 0.29) is 0 Å². The number of benzene rings is 1. The van der Waals surface area contributed by atoms with Crippen LogP contribution in [0.15, 0.2) is 18.2 Å². The van der Waals surface area contributed by atoms with Crippen LogP contribution in [0.25, 0.3) is 0 Å². The molecule has 3 N–H and O–H groups in total. The molecule has 14 heavy (non-hydrogen) atoms. The van der Waals surface area contributed by atoms with Crippen LogP contribution in [0.3, 0.4) is 0 Å². The quantitative estimate of drug-likeness (QED) is 0.745. The molecular formula is C11H14N2S. The number of aryl methyl sites for hydroxylation is 1. The summed E-state index contributed by atoms with van der Waals surface area (Å²) in [6, 6.07) is 6.76. The van der Waals surface area contributed by atoms with Crippen molar-refractivity contribution >= 4 is 22.9 Å². The van der Waals surface area contributed by atoms with Gasteiger partial charge in [0.1, 0.15) is 4.99 Å². The molecule has 2 nitrogen and oxygen atoms in total. The second-order valence-corrected chi connectivity index (χ2v) is 4.27. The zero-order valence-corrected chi connectivity index (χ0v) is 9.03. The fourth-order valence-corrected chi connectivity index (χ4v) is 1.62. The maximum absolute atomic E-state index is 5.65. The molecule has 3 heteroatoms. The molecule has 1 aromatic carbocycles. The van der Waals surface area contributed by atoms with Crippen LogP contribution in [-0.2, 0) is 0 Å². The van der Waals surface area contributed by atoms with Crippen molar-refractivity contribution in [1.29, 1.82) is 0 Å². The van der Waals surface area contributed by atoms with Crippen LogP contribution in [-0.4, -0.2) is 11.0 Å². The summed E-state index contributed by atoms with van der Waals surface area (Å²) in [7, 11) is 0. The standard InChI is InChI=1S/C11H14N2S/c1-7-2-5-9(11(12)14)10(6-7)13-8-3-4-8/h2,5-6,8,13H,3-4H2,1H3,(H2,12,14). The second-order valence-electron chi connectivity index (χ2n) is 3.83. The summed E-state index contributed by atoms with van der Waals surface area (Å²) >= 11 is 5.00. The third-order valence-electron chi connectivity index (χ3n) is 2.38. The highest BCUT2D eigenvalue weighted by molar-refractivity contribution is 7.80. The predicted octanol–water partition coefficient (Wildman–Crippen LogP) is 2.20. The zero-order valence-electron chi connectivity index (χ0n) is 8.21. The van der Waals surface area contributed by atoms with Crippen molar-refractivity contribution in [2.24, 2.45) is 5.73 Å². The molecule has 0 atom stereocenters. The van der Waals surface area contributed by atoms with Gasteiger partial charge in [-0.1, -0.05) is 18.3 Å². The first-order chi connectivity index (χ1) is 6.66. The number of hydrogen-bond donors (Lipinski definition) is 2. The van der Waals surface area contributed by atoms with Crippen LogP contribution in [0.4, 0.5) is 5.69 Å². The molecule has 1 aliphatic carbocycles. The minimum Gasteiger partial charge on any atom is -0.389 e. The molecule has 0 spiro atoms. The molecule has 0 amide bonds. The first-order valence-corrected chi connectivity index (χ1v) is 5.24. The van der Waals surface area contributed by atoms with Gasteiger partial charge in [0.15, 0.2) is 0 Å². The summed E-state index contributed by atoms with van der Waals surface area (Å²) in [5.41, 5.74) is 8.92. The van der Waals surface area contributed by atoms with Gasteiger partial charge >= 0.3 is 0 Å². The largest absolute Gasteiger partial charge is 0.389 e. The molecule has 1 aliphatic rings. The lowest BCUT2D eigenvalue weighted by molar-refractivity contribution is 1.15. The molecular weight excluding hydrogens is 192 g/mol. The fraction of sp³-hybridized carbons (Fsp3) is 0.364. The summed E-state index contributed by atoms with van der Waals surface area (Å²) in [5, 5.41) is 3.44. The SMILES string of the molecule is Cc1ccc(C(N)=S)c(NC2CC2)c1. The molecule has 0 aliphatic heterocycles. The Morgan fingerprint density at radius 1 is 1.50 bits per heavy atom. The Labute approximate surface area is 89.5 Å². The Morgan fingerprint density at radius 3 is 2.79 bits per heavy atom. The summed E-state index contributed by atoms with van der Waals surface area (Å²) in [4.78, 5) is 0.466. The Bertz CT molecular complexity index is 370. The highest BCUT2D eigenvalue weighted by Gasteiger charge is 2.22. The molecule has 0 unspecified atom stereocenters. The third-order valence-corrected chi connectivity index (χ3v) is 2.60. The second kappa shape index (κ2) is 3.58. The number of nitrogens with two attached hydrogens (primary N) is 1. The van der Waals surface area contributed by atoms with Crippen molar-refractivity contribution < 1.29 is 0 Å². The molecule has 0 aromatic heterocycles. The summed E-state index contributed by atoms with van der Waals surface area (Å²) in [5.74, 6) is 0. The Hall–Kier alpha value is -1.09. The van der Waals surface area contributed by atoms with Crippen molar-refractivity contribution in [3.8, 4) is 0 Å². The third kappa shape index (κ3) is 2.04. The van der Waals surface area contributed by atoms with Gasteiger partial charge < -0.3 is 11.1 Å². The van der Waals surface area contributed by atoms with Gasteiger partial charge in [-0.05, 0) is 37.5 Å². The molecule has 74 valence electrons. The zero-order chi connectivity index (χ0) is 10.1. The van der Waals surface area contributed by atoms with E-state index in [2.05, 4.69) is 18.3 Å². The van der Waals surface area contributed by atoms with Crippen molar-refractivity contribution in [2.45, 2.75) is 25.8 Å². The van der Waals surface area contributed by atoms with E-state index in [0.29, 0.717) is 11.0 Å². The normalized spacial score (nSPS) is 15.2. The highest BCUT2D eigenvalue weighted by atomic mass is 32.1. The van der Waals surface area contributed by atoms with Crippen LogP contribution in [0.5, 0.6) is 0 Å². The van der Waals surface area contributed by atoms with E-state index in [1.165, 1.54) is 18.4 Å². The van der Waals surface area contributed by atoms with Gasteiger partial charge in [-0.25, -0.2) is 0 Å². The van der Waals surface area contributed by atoms with Crippen molar-refractivity contribution in [1.82, 2.24) is 0 Å². The first-order valence-electron chi connectivity index (χ1n) is 4.84. The van der Waals surface area contributed by atoms with E-state index >= 15 is 0 Å². The fourth-order valence-electron chi connectivity index (χ4n) is 1.44. The predicted molar refractivity (Wildman–Crippen MR) is 63.7 cm³/mol. The van der Waals surface area contributed by atoms with E-state index in [1.807, 2.05) is 12.1 Å². The minimum absolute atomic E-state index is 0.466. The lowest BCUT2D eigenvalue weighted by Gasteiger charge is -2.11. The Morgan fingerprint density at radius 2 is 2.21 bits per heavy atom. The highest BCUT2D eigenvalue weighted by Crippen LogP contribution is 2.27. The molecule has 2 rings (SSSR count). The van der Waals surface area contributed by atoms with Crippen LogP contribution >= 0.6 is 12.2 Å². The molecule has 1 fully saturated rings. The number of nitrogens with one attached hydrogen (secondary N) is 1. The molecule has 0 saturated heterocycles. The van der Waals surface area contributed by atoms with E-state index < -0.39 is 0 Å². The van der Waals surface area contributed by atoms with E-state index in [1.54, 1.807) is 0 Å².